The molecule has 0 spiro atoms. The summed E-state index contributed by atoms with van der Waals surface area (Å²) in [6.45, 7) is -0.254. The average molecular weight is 532 g/mol. The Morgan fingerprint density at radius 3 is 2.72 bits per heavy atom. The van der Waals surface area contributed by atoms with Gasteiger partial charge in [-0.25, -0.2) is 0 Å². The van der Waals surface area contributed by atoms with Gasteiger partial charge in [0.1, 0.15) is 5.75 Å². The molecule has 0 fully saturated rings. The van der Waals surface area contributed by atoms with E-state index in [0.717, 1.165) is 13.4 Å². The molecule has 6 nitrogen and oxygen atoms in total. The summed E-state index contributed by atoms with van der Waals surface area (Å²) < 4.78 is 7.75. The molecule has 0 saturated heterocycles. The van der Waals surface area contributed by atoms with Crippen LogP contribution in [0.2, 0.25) is 0 Å². The molecule has 0 aliphatic heterocycles. The Kier molecular flexibility index (Phi) is 5.55. The van der Waals surface area contributed by atoms with Crippen molar-refractivity contribution < 1.29 is 14.6 Å². The molecular formula is C16H10Br3N3O3. The molecule has 2 aromatic carbocycles. The van der Waals surface area contributed by atoms with Crippen molar-refractivity contribution in [2.75, 3.05) is 6.61 Å². The summed E-state index contributed by atoms with van der Waals surface area (Å²) in [5.74, 6) is -0.193. The quantitative estimate of drug-likeness (QED) is 0.414. The van der Waals surface area contributed by atoms with E-state index >= 15 is 0 Å². The minimum Gasteiger partial charge on any atom is -0.493 e. The molecule has 0 atom stereocenters. The zero-order valence-electron chi connectivity index (χ0n) is 12.5. The number of ether oxygens (including phenoxy) is 1. The van der Waals surface area contributed by atoms with Crippen LogP contribution >= 0.6 is 47.8 Å². The van der Waals surface area contributed by atoms with E-state index in [2.05, 4.69) is 63.0 Å². The predicted molar refractivity (Wildman–Crippen MR) is 105 cm³/mol. The number of aromatic hydroxyl groups is 1. The minimum atomic E-state index is -0.567. The lowest BCUT2D eigenvalue weighted by atomic mass is 10.2. The van der Waals surface area contributed by atoms with E-state index in [0.29, 0.717) is 16.7 Å². The van der Waals surface area contributed by atoms with Crippen LogP contribution in [0, 0.1) is 0 Å². The third kappa shape index (κ3) is 4.28. The highest BCUT2D eigenvalue weighted by Crippen LogP contribution is 2.40. The number of aromatic nitrogens is 1. The topological polar surface area (TPSA) is 87.0 Å². The van der Waals surface area contributed by atoms with Crippen molar-refractivity contribution in [2.45, 2.75) is 0 Å². The summed E-state index contributed by atoms with van der Waals surface area (Å²) in [6, 6.07) is 10.7. The monoisotopic (exact) mass is 529 g/mol. The Morgan fingerprint density at radius 1 is 1.16 bits per heavy atom. The zero-order valence-corrected chi connectivity index (χ0v) is 17.2. The van der Waals surface area contributed by atoms with E-state index in [4.69, 9.17) is 4.74 Å². The highest BCUT2D eigenvalue weighted by atomic mass is 79.9. The highest BCUT2D eigenvalue weighted by Gasteiger charge is 2.14. The Morgan fingerprint density at radius 2 is 1.96 bits per heavy atom. The first-order valence-corrected chi connectivity index (χ1v) is 9.34. The number of rotatable bonds is 4. The molecule has 128 valence electrons. The number of nitrogens with one attached hydrogen (secondary N) is 1. The van der Waals surface area contributed by atoms with Gasteiger partial charge in [-0.1, -0.05) is 37.9 Å². The smallest absolute Gasteiger partial charge is 0.302 e. The third-order valence-corrected chi connectivity index (χ3v) is 4.77. The number of nitrogens with zero attached hydrogens (tertiary/aromatic N) is 2. The van der Waals surface area contributed by atoms with E-state index in [1.54, 1.807) is 24.3 Å². The summed E-state index contributed by atoms with van der Waals surface area (Å²) in [5.41, 5.74) is 0.847. The number of halogens is 3. The molecule has 3 aromatic rings. The van der Waals surface area contributed by atoms with Crippen molar-refractivity contribution in [1.29, 1.82) is 0 Å². The van der Waals surface area contributed by atoms with Crippen LogP contribution in [0.5, 0.6) is 11.6 Å². The maximum absolute atomic E-state index is 11.9. The van der Waals surface area contributed by atoms with Gasteiger partial charge in [0.25, 0.3) is 0 Å². The molecule has 2 N–H and O–H groups in total. The largest absolute Gasteiger partial charge is 0.493 e. The van der Waals surface area contributed by atoms with Gasteiger partial charge >= 0.3 is 5.91 Å². The summed E-state index contributed by atoms with van der Waals surface area (Å²) >= 11 is 10.1. The van der Waals surface area contributed by atoms with E-state index < -0.39 is 5.91 Å². The van der Waals surface area contributed by atoms with Crippen LogP contribution in [-0.4, -0.2) is 22.6 Å². The second-order valence-electron chi connectivity index (χ2n) is 4.97. The van der Waals surface area contributed by atoms with Crippen LogP contribution in [0.25, 0.3) is 10.9 Å². The third-order valence-electron chi connectivity index (χ3n) is 3.20. The van der Waals surface area contributed by atoms with Crippen LogP contribution in [0.4, 0.5) is 5.69 Å². The number of carbonyl (C=O) groups excluding carboxylic acids is 1. The van der Waals surface area contributed by atoms with Crippen molar-refractivity contribution in [2.24, 2.45) is 10.2 Å². The Bertz CT molecular complexity index is 985. The standard InChI is InChI=1S/C16H10Br3N3O3/c17-8-2-1-3-10(4-8)25-7-13(23)21-22-15-11-5-9(18)6-12(19)14(11)20-16(15)24/h1-6,20,24H,7H2. The maximum Gasteiger partial charge on any atom is 0.302 e. The van der Waals surface area contributed by atoms with Gasteiger partial charge in [-0.2, -0.15) is 0 Å². The summed E-state index contributed by atoms with van der Waals surface area (Å²) in [4.78, 5) is 14.7. The summed E-state index contributed by atoms with van der Waals surface area (Å²) in [7, 11) is 0. The second kappa shape index (κ2) is 7.67. The molecular weight excluding hydrogens is 522 g/mol. The minimum absolute atomic E-state index is 0.168. The van der Waals surface area contributed by atoms with Crippen molar-refractivity contribution in [1.82, 2.24) is 4.98 Å². The Labute approximate surface area is 167 Å². The molecule has 1 heterocycles. The van der Waals surface area contributed by atoms with Crippen LogP contribution < -0.4 is 4.74 Å². The fraction of sp³-hybridized carbons (Fsp3) is 0.0625. The van der Waals surface area contributed by atoms with Crippen molar-refractivity contribution in [3.8, 4) is 11.6 Å². The lowest BCUT2D eigenvalue weighted by molar-refractivity contribution is -0.120. The number of azo groups is 1. The van der Waals surface area contributed by atoms with Crippen molar-refractivity contribution in [3.05, 3.63) is 49.8 Å². The number of fused-ring (bicyclic) bond motifs is 1. The zero-order chi connectivity index (χ0) is 18.0. The second-order valence-corrected chi connectivity index (χ2v) is 7.66. The number of carbonyl (C=O) groups is 1. The number of aromatic amines is 1. The van der Waals surface area contributed by atoms with Crippen molar-refractivity contribution in [3.63, 3.8) is 0 Å². The molecule has 1 aromatic heterocycles. The van der Waals surface area contributed by atoms with Crippen LogP contribution in [0.1, 0.15) is 0 Å². The average Bonchev–Trinajstić information content (AvgIpc) is 2.87. The molecule has 0 bridgehead atoms. The molecule has 0 aliphatic rings. The van der Waals surface area contributed by atoms with Crippen LogP contribution in [-0.2, 0) is 4.79 Å². The lowest BCUT2D eigenvalue weighted by Gasteiger charge is -2.02. The van der Waals surface area contributed by atoms with Gasteiger partial charge in [-0.05, 0) is 46.3 Å². The van der Waals surface area contributed by atoms with Gasteiger partial charge in [-0.15, -0.1) is 10.2 Å². The van der Waals surface area contributed by atoms with Crippen LogP contribution in [0.15, 0.2) is 60.0 Å². The molecule has 0 radical (unpaired) electrons. The van der Waals surface area contributed by atoms with Crippen molar-refractivity contribution >= 4 is 70.3 Å². The first-order valence-electron chi connectivity index (χ1n) is 6.96. The van der Waals surface area contributed by atoms with Gasteiger partial charge in [0.2, 0.25) is 5.88 Å². The van der Waals surface area contributed by atoms with E-state index in [1.807, 2.05) is 12.1 Å². The number of H-pyrrole nitrogens is 1. The fourth-order valence-electron chi connectivity index (χ4n) is 2.13. The first kappa shape index (κ1) is 18.1. The van der Waals surface area contributed by atoms with Gasteiger partial charge in [0.05, 0.1) is 5.52 Å². The molecule has 3 rings (SSSR count). The summed E-state index contributed by atoms with van der Waals surface area (Å²) in [5, 5.41) is 18.1. The van der Waals surface area contributed by atoms with Gasteiger partial charge < -0.3 is 14.8 Å². The number of hydrogen-bond donors (Lipinski definition) is 2. The van der Waals surface area contributed by atoms with E-state index in [9.17, 15) is 9.90 Å². The molecule has 25 heavy (non-hydrogen) atoms. The normalized spacial score (nSPS) is 11.3. The highest BCUT2D eigenvalue weighted by molar-refractivity contribution is 9.11. The van der Waals surface area contributed by atoms with E-state index in [-0.39, 0.29) is 18.2 Å². The van der Waals surface area contributed by atoms with E-state index in [1.165, 1.54) is 0 Å². The SMILES string of the molecule is O=C(COc1cccc(Br)c1)N=Nc1c(O)[nH]c2c(Br)cc(Br)cc12. The van der Waals surface area contributed by atoms with Gasteiger partial charge in [0, 0.05) is 18.8 Å². The summed E-state index contributed by atoms with van der Waals surface area (Å²) in [6.07, 6.45) is 0. The number of benzene rings is 2. The predicted octanol–water partition coefficient (Wildman–Crippen LogP) is 5.85. The Balaban J connectivity index is 1.76. The van der Waals surface area contributed by atoms with Gasteiger partial charge in [0.15, 0.2) is 12.3 Å². The molecule has 0 aliphatic carbocycles. The molecule has 0 unspecified atom stereocenters. The van der Waals surface area contributed by atoms with Crippen LogP contribution in [0.3, 0.4) is 0 Å². The van der Waals surface area contributed by atoms with Gasteiger partial charge in [-0.3, -0.25) is 4.79 Å². The first-order chi connectivity index (χ1) is 11.9. The lowest BCUT2D eigenvalue weighted by Crippen LogP contribution is -2.07. The molecule has 9 heteroatoms. The molecule has 0 saturated carbocycles. The maximum atomic E-state index is 11.9. The molecule has 1 amide bonds. The fourth-order valence-corrected chi connectivity index (χ4v) is 3.83. The number of amides is 1. The Hall–Kier alpha value is -1.71. The number of hydrogen-bond acceptors (Lipinski definition) is 4.